The van der Waals surface area contributed by atoms with Gasteiger partial charge in [-0.3, -0.25) is 0 Å². The van der Waals surface area contributed by atoms with Crippen molar-refractivity contribution in [2.75, 3.05) is 20.8 Å². The van der Waals surface area contributed by atoms with Crippen molar-refractivity contribution in [2.45, 2.75) is 58.7 Å². The summed E-state index contributed by atoms with van der Waals surface area (Å²) in [7, 11) is 3.18. The fraction of sp³-hybridized carbons (Fsp3) is 0.600. The van der Waals surface area contributed by atoms with E-state index in [1.165, 1.54) is 0 Å². The number of alkyl carbamates (subject to hydrolysis) is 1. The van der Waals surface area contributed by atoms with E-state index in [0.29, 0.717) is 30.5 Å². The fourth-order valence-electron chi connectivity index (χ4n) is 2.49. The third-order valence-corrected chi connectivity index (χ3v) is 3.77. The molecule has 0 aliphatic rings. The Morgan fingerprint density at radius 3 is 2.41 bits per heavy atom. The number of hydrogen-bond acceptors (Lipinski definition) is 5. The molecule has 1 unspecified atom stereocenters. The van der Waals surface area contributed by atoms with Crippen molar-refractivity contribution in [3.05, 3.63) is 23.8 Å². The Morgan fingerprint density at radius 1 is 1.21 bits per heavy atom. The highest BCUT2D eigenvalue weighted by Gasteiger charge is 2.19. The molecular weight excluding hydrogens is 487 g/mol. The number of guanidine groups is 1. The van der Waals surface area contributed by atoms with Crippen LogP contribution in [0.25, 0.3) is 0 Å². The van der Waals surface area contributed by atoms with Crippen LogP contribution in [0.2, 0.25) is 0 Å². The molecule has 8 nitrogen and oxygen atoms in total. The first-order valence-electron chi connectivity index (χ1n) is 9.42. The number of aliphatic imine (C=N–C) groups is 1. The number of methoxy groups -OCH3 is 2. The Bertz CT molecular complexity index is 662. The fourth-order valence-corrected chi connectivity index (χ4v) is 2.49. The molecule has 0 aliphatic heterocycles. The molecule has 1 aromatic rings. The van der Waals surface area contributed by atoms with Crippen LogP contribution in [-0.4, -0.2) is 44.5 Å². The molecular formula is C20H35IN4O4. The van der Waals surface area contributed by atoms with Gasteiger partial charge in [0, 0.05) is 12.6 Å². The van der Waals surface area contributed by atoms with E-state index in [-0.39, 0.29) is 30.0 Å². The number of ether oxygens (including phenoxy) is 3. The molecule has 0 saturated heterocycles. The Kier molecular flexibility index (Phi) is 12.5. The summed E-state index contributed by atoms with van der Waals surface area (Å²) < 4.78 is 15.8. The van der Waals surface area contributed by atoms with E-state index in [1.54, 1.807) is 14.2 Å². The first-order valence-corrected chi connectivity index (χ1v) is 9.42. The summed E-state index contributed by atoms with van der Waals surface area (Å²) in [6.07, 6.45) is 1.29. The molecule has 0 aliphatic carbocycles. The molecule has 0 fully saturated rings. The molecule has 0 aromatic heterocycles. The number of benzene rings is 1. The molecule has 29 heavy (non-hydrogen) atoms. The molecule has 9 heteroatoms. The van der Waals surface area contributed by atoms with Gasteiger partial charge < -0.3 is 30.6 Å². The zero-order valence-corrected chi connectivity index (χ0v) is 20.5. The lowest BCUT2D eigenvalue weighted by Crippen LogP contribution is -2.47. The second kappa shape index (κ2) is 13.3. The van der Waals surface area contributed by atoms with Crippen molar-refractivity contribution in [1.82, 2.24) is 10.6 Å². The van der Waals surface area contributed by atoms with E-state index in [9.17, 15) is 4.79 Å². The molecule has 0 spiro atoms. The number of hydrogen-bond donors (Lipinski definition) is 3. The van der Waals surface area contributed by atoms with Crippen molar-refractivity contribution < 1.29 is 19.0 Å². The third kappa shape index (κ3) is 11.0. The summed E-state index contributed by atoms with van der Waals surface area (Å²) >= 11 is 0. The number of rotatable bonds is 9. The summed E-state index contributed by atoms with van der Waals surface area (Å²) in [4.78, 5) is 16.3. The molecule has 1 rings (SSSR count). The van der Waals surface area contributed by atoms with Crippen molar-refractivity contribution in [1.29, 1.82) is 0 Å². The maximum Gasteiger partial charge on any atom is 0.407 e. The van der Waals surface area contributed by atoms with Crippen LogP contribution in [0.15, 0.2) is 23.2 Å². The summed E-state index contributed by atoms with van der Waals surface area (Å²) in [5, 5.41) is 5.93. The van der Waals surface area contributed by atoms with Gasteiger partial charge >= 0.3 is 6.09 Å². The highest BCUT2D eigenvalue weighted by Crippen LogP contribution is 2.27. The number of nitrogens with one attached hydrogen (secondary N) is 2. The lowest BCUT2D eigenvalue weighted by atomic mass is 10.1. The number of carbonyl (C=O) groups is 1. The molecule has 0 saturated carbocycles. The van der Waals surface area contributed by atoms with Crippen LogP contribution in [0.4, 0.5) is 4.79 Å². The number of halogens is 1. The average Bonchev–Trinajstić information content (AvgIpc) is 2.62. The Hall–Kier alpha value is -1.91. The van der Waals surface area contributed by atoms with E-state index < -0.39 is 11.7 Å². The van der Waals surface area contributed by atoms with Crippen molar-refractivity contribution in [2.24, 2.45) is 10.7 Å². The molecule has 4 N–H and O–H groups in total. The number of amides is 1. The third-order valence-electron chi connectivity index (χ3n) is 3.77. The molecule has 166 valence electrons. The summed E-state index contributed by atoms with van der Waals surface area (Å²) in [5.41, 5.74) is 6.37. The molecule has 0 bridgehead atoms. The quantitative estimate of drug-likeness (QED) is 0.261. The van der Waals surface area contributed by atoms with Crippen molar-refractivity contribution in [3.63, 3.8) is 0 Å². The zero-order valence-electron chi connectivity index (χ0n) is 18.2. The standard InChI is InChI=1S/C20H34N4O4.HI/c1-7-8-15(24-19(25)28-20(2,3)4)13-23-18(21)22-12-14-9-10-16(26-5)17(11-14)27-6;/h9-11,15H,7-8,12-13H2,1-6H3,(H,24,25)(H3,21,22,23);1H. The smallest absolute Gasteiger partial charge is 0.407 e. The van der Waals surface area contributed by atoms with E-state index >= 15 is 0 Å². The van der Waals surface area contributed by atoms with Crippen LogP contribution >= 0.6 is 24.0 Å². The van der Waals surface area contributed by atoms with Gasteiger partial charge in [0.05, 0.1) is 20.8 Å². The minimum absolute atomic E-state index is 0. The van der Waals surface area contributed by atoms with Gasteiger partial charge in [-0.05, 0) is 44.9 Å². The van der Waals surface area contributed by atoms with Gasteiger partial charge in [0.1, 0.15) is 5.60 Å². The molecule has 1 amide bonds. The van der Waals surface area contributed by atoms with Gasteiger partial charge in [-0.15, -0.1) is 24.0 Å². The first-order chi connectivity index (χ1) is 13.2. The number of nitrogens with two attached hydrogens (primary N) is 1. The van der Waals surface area contributed by atoms with Crippen LogP contribution in [0.1, 0.15) is 46.1 Å². The lowest BCUT2D eigenvalue weighted by molar-refractivity contribution is 0.0502. The summed E-state index contributed by atoms with van der Waals surface area (Å²) in [5.74, 6) is 1.62. The normalized spacial score (nSPS) is 12.4. The van der Waals surface area contributed by atoms with Gasteiger partial charge in [0.25, 0.3) is 0 Å². The zero-order chi connectivity index (χ0) is 21.2. The average molecular weight is 522 g/mol. The number of carbonyl (C=O) groups excluding carboxylic acids is 1. The van der Waals surface area contributed by atoms with Gasteiger partial charge in [-0.25, -0.2) is 9.79 Å². The second-order valence-electron chi connectivity index (χ2n) is 7.40. The molecule has 1 aromatic carbocycles. The highest BCUT2D eigenvalue weighted by molar-refractivity contribution is 14.0. The van der Waals surface area contributed by atoms with Gasteiger partial charge in [0.15, 0.2) is 17.5 Å². The van der Waals surface area contributed by atoms with Crippen LogP contribution in [-0.2, 0) is 11.3 Å². The van der Waals surface area contributed by atoms with Crippen LogP contribution in [0, 0.1) is 0 Å². The maximum absolute atomic E-state index is 12.0. The monoisotopic (exact) mass is 522 g/mol. The number of nitrogens with zero attached hydrogens (tertiary/aromatic N) is 1. The predicted molar refractivity (Wildman–Crippen MR) is 126 cm³/mol. The minimum Gasteiger partial charge on any atom is -0.493 e. The minimum atomic E-state index is -0.534. The van der Waals surface area contributed by atoms with Crippen molar-refractivity contribution in [3.8, 4) is 11.5 Å². The van der Waals surface area contributed by atoms with Crippen LogP contribution < -0.4 is 25.8 Å². The molecule has 1 atom stereocenters. The Balaban J connectivity index is 0.00000784. The highest BCUT2D eigenvalue weighted by atomic mass is 127. The van der Waals surface area contributed by atoms with Gasteiger partial charge in [-0.2, -0.15) is 0 Å². The summed E-state index contributed by atoms with van der Waals surface area (Å²) in [6, 6.07) is 5.49. The second-order valence-corrected chi connectivity index (χ2v) is 7.40. The summed E-state index contributed by atoms with van der Waals surface area (Å²) in [6.45, 7) is 8.42. The Morgan fingerprint density at radius 2 is 1.86 bits per heavy atom. The van der Waals surface area contributed by atoms with Gasteiger partial charge in [0.2, 0.25) is 0 Å². The Labute approximate surface area is 191 Å². The van der Waals surface area contributed by atoms with E-state index in [1.807, 2.05) is 39.0 Å². The van der Waals surface area contributed by atoms with E-state index in [2.05, 4.69) is 22.5 Å². The largest absolute Gasteiger partial charge is 0.493 e. The molecule has 0 radical (unpaired) electrons. The first kappa shape index (κ1) is 27.1. The maximum atomic E-state index is 12.0. The van der Waals surface area contributed by atoms with Gasteiger partial charge in [-0.1, -0.05) is 19.4 Å². The van der Waals surface area contributed by atoms with E-state index in [0.717, 1.165) is 18.4 Å². The molecule has 0 heterocycles. The van der Waals surface area contributed by atoms with E-state index in [4.69, 9.17) is 19.9 Å². The lowest BCUT2D eigenvalue weighted by Gasteiger charge is -2.23. The topological polar surface area (TPSA) is 107 Å². The van der Waals surface area contributed by atoms with Crippen LogP contribution in [0.3, 0.4) is 0 Å². The van der Waals surface area contributed by atoms with Crippen LogP contribution in [0.5, 0.6) is 11.5 Å². The predicted octanol–water partition coefficient (Wildman–Crippen LogP) is 3.42. The SMILES string of the molecule is CCCC(CNC(N)=NCc1ccc(OC)c(OC)c1)NC(=O)OC(C)(C)C.I. The van der Waals surface area contributed by atoms with Crippen molar-refractivity contribution >= 4 is 36.0 Å².